The van der Waals surface area contributed by atoms with E-state index in [4.69, 9.17) is 0 Å². The molecule has 1 saturated carbocycles. The quantitative estimate of drug-likeness (QED) is 0.922. The Bertz CT molecular complexity index is 824. The average molecular weight is 327 g/mol. The number of carbonyl (C=O) groups excluding carboxylic acids is 2. The molecule has 4 rings (SSSR count). The standard InChI is InChI=1S/C17H21N5O2/c1-10-14-6-13(7-18-16(14)21(2)20-10)19-17(24)12-5-15(23)22(9-12)8-11-3-4-11/h6-7,11-12H,3-5,8-9H2,1-2H3,(H,19,24)/t12-/m1/s1. The number of aryl methyl sites for hydroxylation is 2. The van der Waals surface area contributed by atoms with Crippen LogP contribution in [-0.2, 0) is 16.6 Å². The molecule has 1 aliphatic carbocycles. The molecule has 0 unspecified atom stereocenters. The van der Waals surface area contributed by atoms with Gasteiger partial charge >= 0.3 is 0 Å². The number of fused-ring (bicyclic) bond motifs is 1. The molecular weight excluding hydrogens is 306 g/mol. The number of likely N-dealkylation sites (tertiary alicyclic amines) is 1. The molecule has 3 heterocycles. The van der Waals surface area contributed by atoms with Gasteiger partial charge in [0, 0.05) is 31.9 Å². The summed E-state index contributed by atoms with van der Waals surface area (Å²) < 4.78 is 1.72. The molecule has 2 aromatic heterocycles. The van der Waals surface area contributed by atoms with Crippen molar-refractivity contribution in [2.75, 3.05) is 18.4 Å². The Morgan fingerprint density at radius 1 is 1.42 bits per heavy atom. The fourth-order valence-corrected chi connectivity index (χ4v) is 3.36. The molecule has 2 amide bonds. The van der Waals surface area contributed by atoms with Crippen LogP contribution in [0.2, 0.25) is 0 Å². The molecule has 2 fully saturated rings. The summed E-state index contributed by atoms with van der Waals surface area (Å²) in [5.41, 5.74) is 2.32. The number of anilines is 1. The van der Waals surface area contributed by atoms with Crippen molar-refractivity contribution in [3.8, 4) is 0 Å². The molecule has 2 aromatic rings. The monoisotopic (exact) mass is 327 g/mol. The van der Waals surface area contributed by atoms with Crippen molar-refractivity contribution < 1.29 is 9.59 Å². The van der Waals surface area contributed by atoms with E-state index in [1.807, 2.05) is 24.9 Å². The maximum Gasteiger partial charge on any atom is 0.229 e. The number of aromatic nitrogens is 3. The van der Waals surface area contributed by atoms with Gasteiger partial charge in [-0.05, 0) is 31.7 Å². The Balaban J connectivity index is 1.46. The zero-order chi connectivity index (χ0) is 16.8. The van der Waals surface area contributed by atoms with Crippen LogP contribution in [0.4, 0.5) is 5.69 Å². The summed E-state index contributed by atoms with van der Waals surface area (Å²) in [7, 11) is 1.85. The Kier molecular flexibility index (Phi) is 3.51. The number of pyridine rings is 1. The number of nitrogens with zero attached hydrogens (tertiary/aromatic N) is 4. The summed E-state index contributed by atoms with van der Waals surface area (Å²) in [5, 5.41) is 8.16. The highest BCUT2D eigenvalue weighted by atomic mass is 16.2. The number of rotatable bonds is 4. The van der Waals surface area contributed by atoms with Gasteiger partial charge in [-0.15, -0.1) is 0 Å². The maximum atomic E-state index is 12.5. The minimum atomic E-state index is -0.276. The molecule has 1 N–H and O–H groups in total. The first-order valence-corrected chi connectivity index (χ1v) is 8.39. The van der Waals surface area contributed by atoms with Crippen LogP contribution in [0.15, 0.2) is 12.3 Å². The molecule has 1 saturated heterocycles. The first-order chi connectivity index (χ1) is 11.5. The summed E-state index contributed by atoms with van der Waals surface area (Å²) in [6.45, 7) is 3.26. The van der Waals surface area contributed by atoms with Crippen LogP contribution < -0.4 is 5.32 Å². The summed E-state index contributed by atoms with van der Waals surface area (Å²) in [6, 6.07) is 1.89. The Labute approximate surface area is 140 Å². The van der Waals surface area contributed by atoms with E-state index in [0.29, 0.717) is 24.6 Å². The van der Waals surface area contributed by atoms with Crippen molar-refractivity contribution in [3.63, 3.8) is 0 Å². The first-order valence-electron chi connectivity index (χ1n) is 8.39. The molecule has 126 valence electrons. The van der Waals surface area contributed by atoms with E-state index in [1.54, 1.807) is 10.9 Å². The van der Waals surface area contributed by atoms with E-state index >= 15 is 0 Å². The van der Waals surface area contributed by atoms with Gasteiger partial charge in [0.05, 0.1) is 23.5 Å². The predicted octanol–water partition coefficient (Wildman–Crippen LogP) is 1.47. The third-order valence-electron chi connectivity index (χ3n) is 4.89. The lowest BCUT2D eigenvalue weighted by atomic mass is 10.1. The Morgan fingerprint density at radius 3 is 2.96 bits per heavy atom. The average Bonchev–Trinajstić information content (AvgIpc) is 3.22. The van der Waals surface area contributed by atoms with Crippen molar-refractivity contribution in [2.45, 2.75) is 26.2 Å². The molecule has 0 bridgehead atoms. The lowest BCUT2D eigenvalue weighted by Crippen LogP contribution is -2.29. The molecule has 0 spiro atoms. The van der Waals surface area contributed by atoms with E-state index in [0.717, 1.165) is 23.3 Å². The van der Waals surface area contributed by atoms with Gasteiger partial charge in [0.1, 0.15) is 0 Å². The fourth-order valence-electron chi connectivity index (χ4n) is 3.36. The van der Waals surface area contributed by atoms with Crippen LogP contribution in [-0.4, -0.2) is 44.6 Å². The van der Waals surface area contributed by atoms with Gasteiger partial charge in [0.25, 0.3) is 0 Å². The van der Waals surface area contributed by atoms with E-state index < -0.39 is 0 Å². The molecule has 2 aliphatic rings. The van der Waals surface area contributed by atoms with Crippen LogP contribution in [0.1, 0.15) is 25.0 Å². The largest absolute Gasteiger partial charge is 0.342 e. The number of amides is 2. The van der Waals surface area contributed by atoms with Gasteiger partial charge in [0.2, 0.25) is 11.8 Å². The van der Waals surface area contributed by atoms with E-state index in [2.05, 4.69) is 15.4 Å². The van der Waals surface area contributed by atoms with Gasteiger partial charge < -0.3 is 10.2 Å². The van der Waals surface area contributed by atoms with Gasteiger partial charge in [-0.2, -0.15) is 5.10 Å². The zero-order valence-corrected chi connectivity index (χ0v) is 14.0. The lowest BCUT2D eigenvalue weighted by Gasteiger charge is -2.16. The molecule has 0 radical (unpaired) electrons. The van der Waals surface area contributed by atoms with Crippen LogP contribution >= 0.6 is 0 Å². The summed E-state index contributed by atoms with van der Waals surface area (Å²) in [6.07, 6.45) is 4.35. The Hall–Kier alpha value is -2.44. The van der Waals surface area contributed by atoms with Gasteiger partial charge in [-0.1, -0.05) is 0 Å². The lowest BCUT2D eigenvalue weighted by molar-refractivity contribution is -0.128. The van der Waals surface area contributed by atoms with Crippen LogP contribution in [0, 0.1) is 18.8 Å². The van der Waals surface area contributed by atoms with Crippen LogP contribution in [0.3, 0.4) is 0 Å². The highest BCUT2D eigenvalue weighted by Crippen LogP contribution is 2.32. The second-order valence-corrected chi connectivity index (χ2v) is 6.94. The SMILES string of the molecule is Cc1nn(C)c2ncc(NC(=O)[C@@H]3CC(=O)N(CC4CC4)C3)cc12. The molecule has 0 aromatic carbocycles. The van der Waals surface area contributed by atoms with Crippen LogP contribution in [0.25, 0.3) is 11.0 Å². The molecule has 7 nitrogen and oxygen atoms in total. The Morgan fingerprint density at radius 2 is 2.21 bits per heavy atom. The van der Waals surface area contributed by atoms with Crippen molar-refractivity contribution in [2.24, 2.45) is 18.9 Å². The van der Waals surface area contributed by atoms with E-state index in [9.17, 15) is 9.59 Å². The topological polar surface area (TPSA) is 80.1 Å². The minimum Gasteiger partial charge on any atom is -0.342 e. The number of carbonyl (C=O) groups is 2. The van der Waals surface area contributed by atoms with Gasteiger partial charge in [0.15, 0.2) is 5.65 Å². The van der Waals surface area contributed by atoms with Gasteiger partial charge in [-0.25, -0.2) is 4.98 Å². The zero-order valence-electron chi connectivity index (χ0n) is 14.0. The van der Waals surface area contributed by atoms with Crippen molar-refractivity contribution in [1.82, 2.24) is 19.7 Å². The molecule has 1 aliphatic heterocycles. The number of hydrogen-bond acceptors (Lipinski definition) is 4. The predicted molar refractivity (Wildman–Crippen MR) is 89.3 cm³/mol. The number of nitrogens with one attached hydrogen (secondary N) is 1. The minimum absolute atomic E-state index is 0.0960. The molecule has 7 heteroatoms. The smallest absolute Gasteiger partial charge is 0.229 e. The number of hydrogen-bond donors (Lipinski definition) is 1. The summed E-state index contributed by atoms with van der Waals surface area (Å²) in [4.78, 5) is 30.8. The second kappa shape index (κ2) is 5.58. The summed E-state index contributed by atoms with van der Waals surface area (Å²) >= 11 is 0. The van der Waals surface area contributed by atoms with Crippen molar-refractivity contribution in [1.29, 1.82) is 0 Å². The normalized spacial score (nSPS) is 20.8. The van der Waals surface area contributed by atoms with Crippen LogP contribution in [0.5, 0.6) is 0 Å². The molecule has 24 heavy (non-hydrogen) atoms. The fraction of sp³-hybridized carbons (Fsp3) is 0.529. The molecular formula is C17H21N5O2. The highest BCUT2D eigenvalue weighted by Gasteiger charge is 2.37. The van der Waals surface area contributed by atoms with E-state index in [-0.39, 0.29) is 17.7 Å². The third kappa shape index (κ3) is 2.74. The first kappa shape index (κ1) is 15.1. The maximum absolute atomic E-state index is 12.5. The van der Waals surface area contributed by atoms with Crippen molar-refractivity contribution >= 4 is 28.5 Å². The highest BCUT2D eigenvalue weighted by molar-refractivity contribution is 5.98. The third-order valence-corrected chi connectivity index (χ3v) is 4.89. The van der Waals surface area contributed by atoms with Gasteiger partial charge in [-0.3, -0.25) is 14.3 Å². The van der Waals surface area contributed by atoms with E-state index in [1.165, 1.54) is 12.8 Å². The summed E-state index contributed by atoms with van der Waals surface area (Å²) in [5.74, 6) is 0.362. The molecule has 1 atom stereocenters. The second-order valence-electron chi connectivity index (χ2n) is 6.94. The van der Waals surface area contributed by atoms with Crippen molar-refractivity contribution in [3.05, 3.63) is 18.0 Å².